The van der Waals surface area contributed by atoms with E-state index in [-0.39, 0.29) is 45.2 Å². The summed E-state index contributed by atoms with van der Waals surface area (Å²) >= 11 is 0. The van der Waals surface area contributed by atoms with Crippen molar-refractivity contribution in [2.45, 2.75) is 136 Å². The van der Waals surface area contributed by atoms with Crippen molar-refractivity contribution in [3.8, 4) is 0 Å². The topological polar surface area (TPSA) is 104 Å². The van der Waals surface area contributed by atoms with Crippen molar-refractivity contribution in [1.29, 1.82) is 0 Å². The number of amides is 1. The number of sulfonamides is 1. The Morgan fingerprint density at radius 3 is 2.18 bits per heavy atom. The molecule has 4 aliphatic carbocycles. The second-order valence-corrected chi connectivity index (χ2v) is 18.7. The first kappa shape index (κ1) is 33.9. The standard InChI is InChI=1S/C37H59NO5S/c1-9-27-31-21-25(39)16-18-37(31,8)30-17-19-36(7)28(14-15-29(36)32(30)33(27)40)22(2)20-23(3)34(41)38-44(42,43)26-12-10-24(11-13-26)35(4,5)6/h10-13,22-23,25,27-33,39-40H,9,14-21H2,1-8H3,(H,38,41)/t22-,23+,25-,27-,28-,29+,30+,31+,32?,33-,36?,37?/m1/s1. The third-order valence-electron chi connectivity index (χ3n) is 13.6. The highest BCUT2D eigenvalue weighted by Gasteiger charge is 2.64. The van der Waals surface area contributed by atoms with Gasteiger partial charge in [-0.05, 0) is 127 Å². The maximum absolute atomic E-state index is 13.2. The lowest BCUT2D eigenvalue weighted by atomic mass is 9.41. The van der Waals surface area contributed by atoms with Gasteiger partial charge in [0.05, 0.1) is 17.1 Å². The molecule has 5 rings (SSSR count). The van der Waals surface area contributed by atoms with E-state index in [2.05, 4.69) is 53.2 Å². The molecule has 0 spiro atoms. The normalized spacial score (nSPS) is 40.3. The van der Waals surface area contributed by atoms with Crippen LogP contribution in [0.5, 0.6) is 0 Å². The van der Waals surface area contributed by atoms with Gasteiger partial charge in [-0.15, -0.1) is 0 Å². The van der Waals surface area contributed by atoms with E-state index in [0.717, 1.165) is 56.9 Å². The molecular weight excluding hydrogens is 570 g/mol. The van der Waals surface area contributed by atoms with Crippen LogP contribution < -0.4 is 4.72 Å². The number of carbonyl (C=O) groups excluding carboxylic acids is 1. The predicted molar refractivity (Wildman–Crippen MR) is 175 cm³/mol. The van der Waals surface area contributed by atoms with Crippen LogP contribution in [0.4, 0.5) is 0 Å². The smallest absolute Gasteiger partial charge is 0.264 e. The van der Waals surface area contributed by atoms with Gasteiger partial charge in [-0.25, -0.2) is 13.1 Å². The predicted octanol–water partition coefficient (Wildman–Crippen LogP) is 7.08. The minimum Gasteiger partial charge on any atom is -0.393 e. The molecule has 4 fully saturated rings. The van der Waals surface area contributed by atoms with Crippen LogP contribution in [0.1, 0.15) is 119 Å². The third-order valence-corrected chi connectivity index (χ3v) is 15.0. The number of hydrogen-bond donors (Lipinski definition) is 3. The van der Waals surface area contributed by atoms with Crippen LogP contribution in [0.2, 0.25) is 0 Å². The van der Waals surface area contributed by atoms with Crippen LogP contribution in [-0.4, -0.2) is 36.7 Å². The molecule has 7 heteroatoms. The number of rotatable bonds is 7. The van der Waals surface area contributed by atoms with Crippen molar-refractivity contribution < 1.29 is 23.4 Å². The molecule has 0 aromatic heterocycles. The zero-order chi connectivity index (χ0) is 32.4. The van der Waals surface area contributed by atoms with Crippen LogP contribution in [-0.2, 0) is 20.2 Å². The third kappa shape index (κ3) is 5.81. The van der Waals surface area contributed by atoms with E-state index in [9.17, 15) is 23.4 Å². The number of nitrogens with one attached hydrogen (secondary N) is 1. The SMILES string of the molecule is CC[C@H]1[C@@H](O)C2[C@@H]3CC[C@H]([C@H](C)C[C@H](C)C(=O)NS(=O)(=O)c4ccc(C(C)(C)C)cc4)C3(C)CC[C@@H]2C2(C)CC[C@@H](O)C[C@@H]12. The van der Waals surface area contributed by atoms with Crippen molar-refractivity contribution in [3.63, 3.8) is 0 Å². The number of aliphatic hydroxyl groups excluding tert-OH is 2. The number of fused-ring (bicyclic) bond motifs is 5. The minimum absolute atomic E-state index is 0.0854. The maximum Gasteiger partial charge on any atom is 0.264 e. The molecule has 1 amide bonds. The molecular formula is C37H59NO5S. The summed E-state index contributed by atoms with van der Waals surface area (Å²) in [7, 11) is -3.94. The lowest BCUT2D eigenvalue weighted by molar-refractivity contribution is -0.203. The first-order chi connectivity index (χ1) is 20.4. The molecule has 1 aromatic rings. The summed E-state index contributed by atoms with van der Waals surface area (Å²) in [6.45, 7) is 17.5. The Morgan fingerprint density at radius 1 is 0.955 bits per heavy atom. The van der Waals surface area contributed by atoms with E-state index in [1.165, 1.54) is 0 Å². The highest BCUT2D eigenvalue weighted by atomic mass is 32.2. The van der Waals surface area contributed by atoms with E-state index in [1.54, 1.807) is 12.1 Å². The number of carbonyl (C=O) groups is 1. The average Bonchev–Trinajstić information content (AvgIpc) is 3.30. The molecule has 1 aromatic carbocycles. The Hall–Kier alpha value is -1.44. The Bertz CT molecular complexity index is 1300. The molecule has 0 bridgehead atoms. The zero-order valence-electron chi connectivity index (χ0n) is 28.5. The summed E-state index contributed by atoms with van der Waals surface area (Å²) in [4.78, 5) is 13.3. The Kier molecular flexibility index (Phi) is 9.23. The van der Waals surface area contributed by atoms with Crippen molar-refractivity contribution in [2.24, 2.45) is 58.2 Å². The number of benzene rings is 1. The van der Waals surface area contributed by atoms with Gasteiger partial charge in [0.15, 0.2) is 0 Å². The van der Waals surface area contributed by atoms with Gasteiger partial charge in [0.25, 0.3) is 10.0 Å². The number of hydrogen-bond acceptors (Lipinski definition) is 5. The second kappa shape index (κ2) is 12.0. The van der Waals surface area contributed by atoms with Gasteiger partial charge in [-0.3, -0.25) is 4.79 Å². The first-order valence-corrected chi connectivity index (χ1v) is 19.0. The first-order valence-electron chi connectivity index (χ1n) is 17.5. The molecule has 248 valence electrons. The summed E-state index contributed by atoms with van der Waals surface area (Å²) in [6, 6.07) is 6.81. The monoisotopic (exact) mass is 629 g/mol. The molecule has 3 N–H and O–H groups in total. The largest absolute Gasteiger partial charge is 0.393 e. The fourth-order valence-electron chi connectivity index (χ4n) is 11.2. The quantitative estimate of drug-likeness (QED) is 0.299. The van der Waals surface area contributed by atoms with Gasteiger partial charge in [0.1, 0.15) is 0 Å². The fourth-order valence-corrected chi connectivity index (χ4v) is 12.3. The highest BCUT2D eigenvalue weighted by Crippen LogP contribution is 2.69. The zero-order valence-corrected chi connectivity index (χ0v) is 29.3. The molecule has 4 saturated carbocycles. The molecule has 12 atom stereocenters. The van der Waals surface area contributed by atoms with Gasteiger partial charge in [0.2, 0.25) is 5.91 Å². The second-order valence-electron chi connectivity index (χ2n) is 17.0. The van der Waals surface area contributed by atoms with Crippen molar-refractivity contribution in [1.82, 2.24) is 4.72 Å². The van der Waals surface area contributed by atoms with E-state index in [4.69, 9.17) is 0 Å². The number of aliphatic hydroxyl groups is 2. The van der Waals surface area contributed by atoms with Crippen LogP contribution >= 0.6 is 0 Å². The lowest BCUT2D eigenvalue weighted by Gasteiger charge is -2.64. The Labute approximate surface area is 267 Å². The summed E-state index contributed by atoms with van der Waals surface area (Å²) in [5.74, 6) is 1.73. The Morgan fingerprint density at radius 2 is 1.57 bits per heavy atom. The average molecular weight is 630 g/mol. The summed E-state index contributed by atoms with van der Waals surface area (Å²) in [5.41, 5.74) is 1.24. The van der Waals surface area contributed by atoms with Gasteiger partial charge >= 0.3 is 0 Å². The van der Waals surface area contributed by atoms with Gasteiger partial charge in [-0.2, -0.15) is 0 Å². The molecule has 0 radical (unpaired) electrons. The molecule has 3 unspecified atom stereocenters. The van der Waals surface area contributed by atoms with Crippen LogP contribution in [0.25, 0.3) is 0 Å². The molecule has 4 aliphatic rings. The molecule has 0 aliphatic heterocycles. The van der Waals surface area contributed by atoms with Crippen LogP contribution in [0, 0.1) is 58.2 Å². The minimum atomic E-state index is -3.94. The van der Waals surface area contributed by atoms with E-state index in [0.29, 0.717) is 36.0 Å². The van der Waals surface area contributed by atoms with Crippen LogP contribution in [0.15, 0.2) is 29.2 Å². The molecule has 44 heavy (non-hydrogen) atoms. The summed E-state index contributed by atoms with van der Waals surface area (Å²) < 4.78 is 28.5. The van der Waals surface area contributed by atoms with Gasteiger partial charge in [0, 0.05) is 5.92 Å². The fraction of sp³-hybridized carbons (Fsp3) is 0.811. The molecule has 0 saturated heterocycles. The van der Waals surface area contributed by atoms with Crippen LogP contribution in [0.3, 0.4) is 0 Å². The molecule has 0 heterocycles. The van der Waals surface area contributed by atoms with E-state index < -0.39 is 21.8 Å². The Balaban J connectivity index is 1.27. The van der Waals surface area contributed by atoms with Crippen molar-refractivity contribution in [2.75, 3.05) is 0 Å². The van der Waals surface area contributed by atoms with E-state index >= 15 is 0 Å². The maximum atomic E-state index is 13.2. The van der Waals surface area contributed by atoms with Crippen molar-refractivity contribution >= 4 is 15.9 Å². The molecule has 6 nitrogen and oxygen atoms in total. The lowest BCUT2D eigenvalue weighted by Crippen LogP contribution is -2.62. The van der Waals surface area contributed by atoms with Gasteiger partial charge < -0.3 is 10.2 Å². The summed E-state index contributed by atoms with van der Waals surface area (Å²) in [6.07, 6.45) is 8.28. The summed E-state index contributed by atoms with van der Waals surface area (Å²) in [5, 5.41) is 22.5. The van der Waals surface area contributed by atoms with Crippen molar-refractivity contribution in [3.05, 3.63) is 29.8 Å². The highest BCUT2D eigenvalue weighted by molar-refractivity contribution is 7.90. The van der Waals surface area contributed by atoms with E-state index in [1.807, 2.05) is 19.1 Å². The van der Waals surface area contributed by atoms with Gasteiger partial charge in [-0.1, -0.05) is 73.9 Å².